The molecule has 1 aromatic carbocycles. The minimum Gasteiger partial charge on any atom is -0.394 e. The Kier molecular flexibility index (Phi) is 4.45. The Hall–Kier alpha value is -1.81. The predicted octanol–water partition coefficient (Wildman–Crippen LogP) is 2.38. The van der Waals surface area contributed by atoms with Crippen LogP contribution in [0.5, 0.6) is 0 Å². The Bertz CT molecular complexity index is 587. The number of benzene rings is 1. The van der Waals surface area contributed by atoms with E-state index in [1.165, 1.54) is 10.9 Å². The van der Waals surface area contributed by atoms with Crippen LogP contribution in [0, 0.1) is 0 Å². The Morgan fingerprint density at radius 1 is 1.35 bits per heavy atom. The van der Waals surface area contributed by atoms with Crippen molar-refractivity contribution >= 4 is 16.8 Å². The average molecular weight is 274 g/mol. The first kappa shape index (κ1) is 14.6. The molecule has 2 aromatic rings. The number of aliphatic hydroxyl groups excluding tert-OH is 1. The maximum atomic E-state index is 11.8. The highest BCUT2D eigenvalue weighted by atomic mass is 16.3. The van der Waals surface area contributed by atoms with E-state index in [1.54, 1.807) is 0 Å². The van der Waals surface area contributed by atoms with Crippen LogP contribution in [0.3, 0.4) is 0 Å². The molecule has 0 atom stereocenters. The molecular weight excluding hydrogens is 252 g/mol. The van der Waals surface area contributed by atoms with Crippen LogP contribution in [-0.4, -0.2) is 28.1 Å². The van der Waals surface area contributed by atoms with E-state index in [1.807, 2.05) is 32.2 Å². The number of H-pyrrole nitrogens is 1. The summed E-state index contributed by atoms with van der Waals surface area (Å²) in [7, 11) is 0. The molecule has 0 aliphatic rings. The van der Waals surface area contributed by atoms with Crippen LogP contribution < -0.4 is 5.32 Å². The zero-order chi connectivity index (χ0) is 14.6. The second-order valence-corrected chi connectivity index (χ2v) is 5.80. The van der Waals surface area contributed by atoms with E-state index >= 15 is 0 Å². The summed E-state index contributed by atoms with van der Waals surface area (Å²) in [5, 5.41) is 13.2. The number of aryl methyl sites for hydroxylation is 1. The maximum Gasteiger partial charge on any atom is 0.220 e. The number of nitrogens with one attached hydrogen (secondary N) is 2. The number of aliphatic hydroxyl groups is 1. The van der Waals surface area contributed by atoms with Crippen LogP contribution in [0.1, 0.15) is 32.3 Å². The van der Waals surface area contributed by atoms with Crippen LogP contribution >= 0.6 is 0 Å². The molecule has 3 N–H and O–H groups in total. The normalized spacial score (nSPS) is 11.8. The number of hydrogen-bond donors (Lipinski definition) is 3. The highest BCUT2D eigenvalue weighted by molar-refractivity contribution is 5.83. The van der Waals surface area contributed by atoms with E-state index in [2.05, 4.69) is 22.4 Å². The Morgan fingerprint density at radius 3 is 2.85 bits per heavy atom. The van der Waals surface area contributed by atoms with Crippen LogP contribution in [0.2, 0.25) is 0 Å². The second kappa shape index (κ2) is 6.09. The third kappa shape index (κ3) is 3.61. The summed E-state index contributed by atoms with van der Waals surface area (Å²) >= 11 is 0. The summed E-state index contributed by atoms with van der Waals surface area (Å²) in [6.07, 6.45) is 4.16. The van der Waals surface area contributed by atoms with Crippen molar-refractivity contribution in [1.82, 2.24) is 10.3 Å². The molecule has 20 heavy (non-hydrogen) atoms. The van der Waals surface area contributed by atoms with Gasteiger partial charge in [-0.25, -0.2) is 0 Å². The number of hydrogen-bond acceptors (Lipinski definition) is 2. The molecule has 0 radical (unpaired) electrons. The van der Waals surface area contributed by atoms with Gasteiger partial charge in [-0.2, -0.15) is 0 Å². The Balaban J connectivity index is 1.86. The third-order valence-corrected chi connectivity index (χ3v) is 3.40. The van der Waals surface area contributed by atoms with Gasteiger partial charge in [0.25, 0.3) is 0 Å². The molecule has 108 valence electrons. The van der Waals surface area contributed by atoms with Crippen LogP contribution in [0.25, 0.3) is 10.9 Å². The van der Waals surface area contributed by atoms with Crippen molar-refractivity contribution in [2.45, 2.75) is 38.6 Å². The van der Waals surface area contributed by atoms with Crippen molar-refractivity contribution in [3.8, 4) is 0 Å². The molecule has 0 bridgehead atoms. The molecule has 0 aliphatic heterocycles. The van der Waals surface area contributed by atoms with Gasteiger partial charge in [0.15, 0.2) is 0 Å². The molecular formula is C16H22N2O2. The number of fused-ring (bicyclic) bond motifs is 1. The van der Waals surface area contributed by atoms with Crippen LogP contribution in [-0.2, 0) is 11.2 Å². The van der Waals surface area contributed by atoms with Gasteiger partial charge in [-0.05, 0) is 38.3 Å². The molecule has 2 rings (SSSR count). The molecule has 0 saturated heterocycles. The van der Waals surface area contributed by atoms with Crippen molar-refractivity contribution in [2.75, 3.05) is 6.61 Å². The summed E-state index contributed by atoms with van der Waals surface area (Å²) in [6.45, 7) is 3.57. The monoisotopic (exact) mass is 274 g/mol. The number of aromatic amines is 1. The lowest BCUT2D eigenvalue weighted by Crippen LogP contribution is -2.46. The molecule has 0 aliphatic carbocycles. The summed E-state index contributed by atoms with van der Waals surface area (Å²) in [6, 6.07) is 8.18. The van der Waals surface area contributed by atoms with Crippen molar-refractivity contribution in [3.05, 3.63) is 36.0 Å². The molecule has 1 heterocycles. The number of amides is 1. The molecule has 0 saturated carbocycles. The standard InChI is InChI=1S/C16H22N2O2/c1-16(2,11-19)18-15(20)9-5-6-12-10-17-14-8-4-3-7-13(12)14/h3-4,7-8,10,17,19H,5-6,9,11H2,1-2H3,(H,18,20). The van der Waals surface area contributed by atoms with Crippen LogP contribution in [0.15, 0.2) is 30.5 Å². The number of carbonyl (C=O) groups excluding carboxylic acids is 1. The fourth-order valence-electron chi connectivity index (χ4n) is 2.26. The summed E-state index contributed by atoms with van der Waals surface area (Å²) in [4.78, 5) is 15.0. The molecule has 0 spiro atoms. The van der Waals surface area contributed by atoms with Crippen molar-refractivity contribution < 1.29 is 9.90 Å². The topological polar surface area (TPSA) is 65.1 Å². The lowest BCUT2D eigenvalue weighted by Gasteiger charge is -2.23. The summed E-state index contributed by atoms with van der Waals surface area (Å²) in [5.74, 6) is -0.0103. The van der Waals surface area contributed by atoms with E-state index in [4.69, 9.17) is 5.11 Å². The van der Waals surface area contributed by atoms with Crippen molar-refractivity contribution in [1.29, 1.82) is 0 Å². The van der Waals surface area contributed by atoms with E-state index in [0.717, 1.165) is 18.4 Å². The molecule has 1 amide bonds. The smallest absolute Gasteiger partial charge is 0.220 e. The molecule has 4 heteroatoms. The first-order valence-electron chi connectivity index (χ1n) is 6.99. The lowest BCUT2D eigenvalue weighted by molar-refractivity contribution is -0.123. The highest BCUT2D eigenvalue weighted by Gasteiger charge is 2.18. The quantitative estimate of drug-likeness (QED) is 0.757. The molecule has 4 nitrogen and oxygen atoms in total. The minimum atomic E-state index is -0.544. The van der Waals surface area contributed by atoms with Crippen molar-refractivity contribution in [3.63, 3.8) is 0 Å². The maximum absolute atomic E-state index is 11.8. The zero-order valence-corrected chi connectivity index (χ0v) is 12.1. The lowest BCUT2D eigenvalue weighted by atomic mass is 10.0. The van der Waals surface area contributed by atoms with Crippen molar-refractivity contribution in [2.24, 2.45) is 0 Å². The van der Waals surface area contributed by atoms with Crippen LogP contribution in [0.4, 0.5) is 0 Å². The highest BCUT2D eigenvalue weighted by Crippen LogP contribution is 2.19. The molecule has 0 fully saturated rings. The van der Waals surface area contributed by atoms with Gasteiger partial charge >= 0.3 is 0 Å². The largest absolute Gasteiger partial charge is 0.394 e. The van der Waals surface area contributed by atoms with Gasteiger partial charge in [0, 0.05) is 23.5 Å². The van der Waals surface area contributed by atoms with E-state index in [-0.39, 0.29) is 12.5 Å². The van der Waals surface area contributed by atoms with E-state index in [0.29, 0.717) is 6.42 Å². The fraction of sp³-hybridized carbons (Fsp3) is 0.438. The number of carbonyl (C=O) groups is 1. The average Bonchev–Trinajstić information content (AvgIpc) is 2.82. The molecule has 1 aromatic heterocycles. The fourth-order valence-corrected chi connectivity index (χ4v) is 2.26. The summed E-state index contributed by atoms with van der Waals surface area (Å²) < 4.78 is 0. The first-order valence-corrected chi connectivity index (χ1v) is 6.99. The van der Waals surface area contributed by atoms with Gasteiger partial charge in [-0.15, -0.1) is 0 Å². The van der Waals surface area contributed by atoms with Gasteiger partial charge in [-0.1, -0.05) is 18.2 Å². The van der Waals surface area contributed by atoms with Gasteiger partial charge in [0.2, 0.25) is 5.91 Å². The number of rotatable bonds is 6. The number of para-hydroxylation sites is 1. The third-order valence-electron chi connectivity index (χ3n) is 3.40. The van der Waals surface area contributed by atoms with Gasteiger partial charge in [0.05, 0.1) is 12.1 Å². The van der Waals surface area contributed by atoms with Gasteiger partial charge in [-0.3, -0.25) is 4.79 Å². The Morgan fingerprint density at radius 2 is 2.10 bits per heavy atom. The minimum absolute atomic E-state index is 0.0103. The second-order valence-electron chi connectivity index (χ2n) is 5.80. The first-order chi connectivity index (χ1) is 9.52. The number of aromatic nitrogens is 1. The SMILES string of the molecule is CC(C)(CO)NC(=O)CCCc1c[nH]c2ccccc12. The van der Waals surface area contributed by atoms with Gasteiger partial charge < -0.3 is 15.4 Å². The van der Waals surface area contributed by atoms with E-state index in [9.17, 15) is 4.79 Å². The van der Waals surface area contributed by atoms with Gasteiger partial charge in [0.1, 0.15) is 0 Å². The summed E-state index contributed by atoms with van der Waals surface area (Å²) in [5.41, 5.74) is 1.83. The zero-order valence-electron chi connectivity index (χ0n) is 12.1. The predicted molar refractivity (Wildman–Crippen MR) is 80.5 cm³/mol. The van der Waals surface area contributed by atoms with E-state index < -0.39 is 5.54 Å². The Labute approximate surface area is 119 Å². The molecule has 0 unspecified atom stereocenters.